The van der Waals surface area contributed by atoms with Gasteiger partial charge in [-0.25, -0.2) is 12.8 Å². The minimum Gasteiger partial charge on any atom is -0.352 e. The third-order valence-electron chi connectivity index (χ3n) is 7.41. The van der Waals surface area contributed by atoms with Crippen LogP contribution in [-0.4, -0.2) is 43.8 Å². The van der Waals surface area contributed by atoms with E-state index in [0.29, 0.717) is 10.6 Å². The van der Waals surface area contributed by atoms with Crippen LogP contribution in [0, 0.1) is 5.82 Å². The van der Waals surface area contributed by atoms with E-state index in [1.165, 1.54) is 35.2 Å². The van der Waals surface area contributed by atoms with Crippen LogP contribution < -0.4 is 9.62 Å². The van der Waals surface area contributed by atoms with E-state index >= 15 is 4.39 Å². The van der Waals surface area contributed by atoms with Crippen molar-refractivity contribution in [3.05, 3.63) is 94.2 Å². The molecular weight excluding hydrogens is 600 g/mol. The molecule has 1 N–H and O–H groups in total. The van der Waals surface area contributed by atoms with Crippen LogP contribution in [0.5, 0.6) is 0 Å². The van der Waals surface area contributed by atoms with Gasteiger partial charge < -0.3 is 10.2 Å². The Labute approximate surface area is 256 Å². The second-order valence-electron chi connectivity index (χ2n) is 10.3. The summed E-state index contributed by atoms with van der Waals surface area (Å²) in [4.78, 5) is 29.0. The Morgan fingerprint density at radius 1 is 0.952 bits per heavy atom. The van der Waals surface area contributed by atoms with Crippen molar-refractivity contribution >= 4 is 50.7 Å². The smallest absolute Gasteiger partial charge is 0.264 e. The van der Waals surface area contributed by atoms with Crippen LogP contribution in [0.15, 0.2) is 77.7 Å². The standard InChI is InChI=1S/C31H34Cl2FN3O4S/c1-2-28(31(39)35-23-11-5-3-6-12-23)36(20-22-17-18-25(32)26(33)19-22)30(38)21-37(29-16-10-9-15-27(29)34)42(40,41)24-13-7-4-8-14-24/h4,7-10,13-19,23,28H,2-3,5-6,11-12,20-21H2,1H3,(H,35,39). The highest BCUT2D eigenvalue weighted by Gasteiger charge is 2.35. The highest BCUT2D eigenvalue weighted by Crippen LogP contribution is 2.28. The van der Waals surface area contributed by atoms with Crippen LogP contribution >= 0.6 is 23.2 Å². The van der Waals surface area contributed by atoms with Crippen molar-refractivity contribution in [1.82, 2.24) is 10.2 Å². The molecule has 7 nitrogen and oxygen atoms in total. The molecule has 0 heterocycles. The zero-order valence-corrected chi connectivity index (χ0v) is 25.6. The molecule has 3 aromatic rings. The first-order chi connectivity index (χ1) is 20.1. The van der Waals surface area contributed by atoms with Gasteiger partial charge in [-0.1, -0.05) is 85.8 Å². The molecule has 1 fully saturated rings. The third-order valence-corrected chi connectivity index (χ3v) is 9.92. The number of nitrogens with zero attached hydrogens (tertiary/aromatic N) is 2. The molecule has 0 aromatic heterocycles. The fraction of sp³-hybridized carbons (Fsp3) is 0.355. The molecule has 0 bridgehead atoms. The first kappa shape index (κ1) is 31.8. The van der Waals surface area contributed by atoms with Gasteiger partial charge in [-0.2, -0.15) is 0 Å². The highest BCUT2D eigenvalue weighted by atomic mass is 35.5. The molecule has 1 aliphatic rings. The van der Waals surface area contributed by atoms with Crippen LogP contribution in [0.25, 0.3) is 0 Å². The van der Waals surface area contributed by atoms with Crippen molar-refractivity contribution in [2.45, 2.75) is 69.0 Å². The van der Waals surface area contributed by atoms with Crippen molar-refractivity contribution in [3.8, 4) is 0 Å². The van der Waals surface area contributed by atoms with Gasteiger partial charge in [0.1, 0.15) is 18.4 Å². The molecule has 0 radical (unpaired) electrons. The monoisotopic (exact) mass is 633 g/mol. The lowest BCUT2D eigenvalue weighted by Gasteiger charge is -2.34. The normalized spacial score (nSPS) is 14.7. The van der Waals surface area contributed by atoms with E-state index in [9.17, 15) is 18.0 Å². The topological polar surface area (TPSA) is 86.8 Å². The largest absolute Gasteiger partial charge is 0.352 e. The lowest BCUT2D eigenvalue weighted by atomic mass is 9.95. The molecule has 0 aliphatic heterocycles. The number of sulfonamides is 1. The molecule has 1 saturated carbocycles. The number of benzene rings is 3. The fourth-order valence-corrected chi connectivity index (χ4v) is 6.95. The van der Waals surface area contributed by atoms with E-state index in [1.54, 1.807) is 43.3 Å². The number of carbonyl (C=O) groups excluding carboxylic acids is 2. The van der Waals surface area contributed by atoms with Gasteiger partial charge in [0, 0.05) is 12.6 Å². The molecule has 4 rings (SSSR count). The summed E-state index contributed by atoms with van der Waals surface area (Å²) in [5.41, 5.74) is 0.328. The molecule has 11 heteroatoms. The van der Waals surface area contributed by atoms with Crippen molar-refractivity contribution in [2.24, 2.45) is 0 Å². The number of para-hydroxylation sites is 1. The number of amides is 2. The molecular formula is C31H34Cl2FN3O4S. The summed E-state index contributed by atoms with van der Waals surface area (Å²) in [7, 11) is -4.36. The predicted octanol–water partition coefficient (Wildman–Crippen LogP) is 6.58. The fourth-order valence-electron chi connectivity index (χ4n) is 5.19. The summed E-state index contributed by atoms with van der Waals surface area (Å²) in [6.07, 6.45) is 5.15. The number of hydrogen-bond acceptors (Lipinski definition) is 4. The van der Waals surface area contributed by atoms with Gasteiger partial charge in [-0.15, -0.1) is 0 Å². The van der Waals surface area contributed by atoms with Crippen molar-refractivity contribution in [3.63, 3.8) is 0 Å². The van der Waals surface area contributed by atoms with Gasteiger partial charge in [0.25, 0.3) is 10.0 Å². The number of halogens is 3. The second-order valence-corrected chi connectivity index (χ2v) is 13.0. The third kappa shape index (κ3) is 7.62. The summed E-state index contributed by atoms with van der Waals surface area (Å²) in [5, 5.41) is 3.70. The Bertz CT molecular complexity index is 1500. The van der Waals surface area contributed by atoms with Crippen molar-refractivity contribution < 1.29 is 22.4 Å². The molecule has 2 amide bonds. The van der Waals surface area contributed by atoms with E-state index in [2.05, 4.69) is 5.32 Å². The molecule has 1 atom stereocenters. The Balaban J connectivity index is 1.72. The predicted molar refractivity (Wildman–Crippen MR) is 163 cm³/mol. The lowest BCUT2D eigenvalue weighted by Crippen LogP contribution is -2.54. The maximum atomic E-state index is 15.1. The van der Waals surface area contributed by atoms with Gasteiger partial charge >= 0.3 is 0 Å². The van der Waals surface area contributed by atoms with Crippen LogP contribution in [0.1, 0.15) is 51.0 Å². The first-order valence-corrected chi connectivity index (χ1v) is 16.2. The number of hydrogen-bond donors (Lipinski definition) is 1. The van der Waals surface area contributed by atoms with E-state index in [4.69, 9.17) is 23.2 Å². The average Bonchev–Trinajstić information content (AvgIpc) is 2.99. The molecule has 1 aliphatic carbocycles. The van der Waals surface area contributed by atoms with Gasteiger partial charge in [0.15, 0.2) is 0 Å². The SMILES string of the molecule is CCC(C(=O)NC1CCCCC1)N(Cc1ccc(Cl)c(Cl)c1)C(=O)CN(c1ccccc1F)S(=O)(=O)c1ccccc1. The highest BCUT2D eigenvalue weighted by molar-refractivity contribution is 7.92. The molecule has 224 valence electrons. The maximum Gasteiger partial charge on any atom is 0.264 e. The zero-order valence-electron chi connectivity index (χ0n) is 23.3. The van der Waals surface area contributed by atoms with E-state index in [-0.39, 0.29) is 40.5 Å². The molecule has 0 spiro atoms. The van der Waals surface area contributed by atoms with Crippen LogP contribution in [0.2, 0.25) is 10.0 Å². The van der Waals surface area contributed by atoms with Crippen molar-refractivity contribution in [1.29, 1.82) is 0 Å². The molecule has 3 aromatic carbocycles. The lowest BCUT2D eigenvalue weighted by molar-refractivity contribution is -0.140. The Morgan fingerprint density at radius 3 is 2.26 bits per heavy atom. The van der Waals surface area contributed by atoms with E-state index in [1.807, 2.05) is 0 Å². The summed E-state index contributed by atoms with van der Waals surface area (Å²) in [6, 6.07) is 16.9. The Kier molecular flexibility index (Phi) is 10.9. The first-order valence-electron chi connectivity index (χ1n) is 14.0. The van der Waals surface area contributed by atoms with Crippen molar-refractivity contribution in [2.75, 3.05) is 10.8 Å². The number of carbonyl (C=O) groups is 2. The van der Waals surface area contributed by atoms with Gasteiger partial charge in [-0.3, -0.25) is 13.9 Å². The van der Waals surface area contributed by atoms with Gasteiger partial charge in [0.2, 0.25) is 11.8 Å². The Hall–Kier alpha value is -3.14. The number of rotatable bonds is 11. The minimum atomic E-state index is -4.36. The van der Waals surface area contributed by atoms with Gasteiger partial charge in [0.05, 0.1) is 20.6 Å². The van der Waals surface area contributed by atoms with E-state index < -0.39 is 34.3 Å². The second kappa shape index (κ2) is 14.4. The summed E-state index contributed by atoms with van der Waals surface area (Å²) < 4.78 is 43.4. The molecule has 0 saturated heterocycles. The quantitative estimate of drug-likeness (QED) is 0.258. The van der Waals surface area contributed by atoms with Crippen LogP contribution in [0.3, 0.4) is 0 Å². The maximum absolute atomic E-state index is 15.1. The minimum absolute atomic E-state index is 0.00981. The van der Waals surface area contributed by atoms with E-state index in [0.717, 1.165) is 42.5 Å². The van der Waals surface area contributed by atoms with Crippen LogP contribution in [-0.2, 0) is 26.2 Å². The summed E-state index contributed by atoms with van der Waals surface area (Å²) >= 11 is 12.4. The number of nitrogens with one attached hydrogen (secondary N) is 1. The molecule has 42 heavy (non-hydrogen) atoms. The zero-order chi connectivity index (χ0) is 30.3. The Morgan fingerprint density at radius 2 is 1.62 bits per heavy atom. The molecule has 1 unspecified atom stereocenters. The summed E-state index contributed by atoms with van der Waals surface area (Å²) in [6.45, 7) is 1.02. The van der Waals surface area contributed by atoms with Gasteiger partial charge in [-0.05, 0) is 61.2 Å². The number of anilines is 1. The average molecular weight is 635 g/mol. The van der Waals surface area contributed by atoms with Crippen LogP contribution in [0.4, 0.5) is 10.1 Å². The summed E-state index contributed by atoms with van der Waals surface area (Å²) in [5.74, 6) is -1.79.